The highest BCUT2D eigenvalue weighted by atomic mass is 32.1. The second-order valence-corrected chi connectivity index (χ2v) is 9.74. The van der Waals surface area contributed by atoms with E-state index in [1.54, 1.807) is 35.2 Å². The van der Waals surface area contributed by atoms with Gasteiger partial charge in [0.15, 0.2) is 0 Å². The van der Waals surface area contributed by atoms with Crippen molar-refractivity contribution >= 4 is 33.1 Å². The Labute approximate surface area is 196 Å². The molecule has 8 heteroatoms. The van der Waals surface area contributed by atoms with Crippen LogP contribution in [0.15, 0.2) is 35.4 Å². The zero-order valence-electron chi connectivity index (χ0n) is 19.6. The van der Waals surface area contributed by atoms with Gasteiger partial charge in [0.25, 0.3) is 5.56 Å². The SMILES string of the molecule is CCC(CCCC(F)(F)CC)Cc1cc2c(=O)n(C)cc(-c3ccnc(NC(C)=O)c3)c2s1. The van der Waals surface area contributed by atoms with Gasteiger partial charge in [-0.1, -0.05) is 20.3 Å². The molecule has 0 spiro atoms. The van der Waals surface area contributed by atoms with Crippen LogP contribution in [0.25, 0.3) is 21.2 Å². The average Bonchev–Trinajstić information content (AvgIpc) is 3.19. The van der Waals surface area contributed by atoms with Crippen LogP contribution in [-0.2, 0) is 18.3 Å². The van der Waals surface area contributed by atoms with Crippen LogP contribution >= 0.6 is 11.3 Å². The van der Waals surface area contributed by atoms with Crippen LogP contribution in [0.2, 0.25) is 0 Å². The maximum atomic E-state index is 13.6. The van der Waals surface area contributed by atoms with E-state index in [2.05, 4.69) is 17.2 Å². The van der Waals surface area contributed by atoms with Gasteiger partial charge in [-0.05, 0) is 48.9 Å². The third-order valence-electron chi connectivity index (χ3n) is 6.02. The molecule has 0 aromatic carbocycles. The molecule has 1 amide bonds. The van der Waals surface area contributed by atoms with Gasteiger partial charge >= 0.3 is 0 Å². The van der Waals surface area contributed by atoms with E-state index >= 15 is 0 Å². The van der Waals surface area contributed by atoms with Crippen LogP contribution in [0.4, 0.5) is 14.6 Å². The quantitative estimate of drug-likeness (QED) is 0.369. The Balaban J connectivity index is 1.90. The number of alkyl halides is 2. The lowest BCUT2D eigenvalue weighted by Crippen LogP contribution is -2.15. The van der Waals surface area contributed by atoms with Gasteiger partial charge in [0.1, 0.15) is 5.82 Å². The highest BCUT2D eigenvalue weighted by molar-refractivity contribution is 7.19. The maximum absolute atomic E-state index is 13.6. The molecule has 0 fully saturated rings. The van der Waals surface area contributed by atoms with Gasteiger partial charge in [0.05, 0.1) is 5.39 Å². The van der Waals surface area contributed by atoms with Crippen molar-refractivity contribution in [1.29, 1.82) is 0 Å². The molecule has 0 saturated carbocycles. The smallest absolute Gasteiger partial charge is 0.259 e. The number of fused-ring (bicyclic) bond motifs is 1. The number of rotatable bonds is 10. The lowest BCUT2D eigenvalue weighted by Gasteiger charge is -2.17. The van der Waals surface area contributed by atoms with Gasteiger partial charge in [0, 0.05) is 54.3 Å². The number of hydrogen-bond donors (Lipinski definition) is 1. The van der Waals surface area contributed by atoms with Crippen LogP contribution in [0.3, 0.4) is 0 Å². The Hall–Kier alpha value is -2.61. The van der Waals surface area contributed by atoms with Crippen LogP contribution < -0.4 is 10.9 Å². The van der Waals surface area contributed by atoms with Crippen molar-refractivity contribution in [2.75, 3.05) is 5.32 Å². The summed E-state index contributed by atoms with van der Waals surface area (Å²) < 4.78 is 29.7. The number of carbonyl (C=O) groups excluding carboxylic acids is 1. The van der Waals surface area contributed by atoms with Crippen molar-refractivity contribution in [3.05, 3.63) is 45.8 Å². The molecule has 33 heavy (non-hydrogen) atoms. The first-order valence-electron chi connectivity index (χ1n) is 11.4. The molecule has 0 aliphatic rings. The third-order valence-corrected chi connectivity index (χ3v) is 7.21. The highest BCUT2D eigenvalue weighted by Crippen LogP contribution is 2.36. The van der Waals surface area contributed by atoms with Crippen molar-refractivity contribution in [2.45, 2.75) is 65.2 Å². The molecule has 0 radical (unpaired) electrons. The predicted molar refractivity (Wildman–Crippen MR) is 131 cm³/mol. The fourth-order valence-corrected chi connectivity index (χ4v) is 5.31. The molecule has 0 bridgehead atoms. The summed E-state index contributed by atoms with van der Waals surface area (Å²) in [5.74, 6) is -2.04. The highest BCUT2D eigenvalue weighted by Gasteiger charge is 2.25. The number of anilines is 1. The molecule has 3 rings (SSSR count). The van der Waals surface area contributed by atoms with E-state index in [0.29, 0.717) is 23.5 Å². The second kappa shape index (κ2) is 10.5. The predicted octanol–water partition coefficient (Wildman–Crippen LogP) is 6.40. The summed E-state index contributed by atoms with van der Waals surface area (Å²) in [6.07, 6.45) is 6.16. The second-order valence-electron chi connectivity index (χ2n) is 8.61. The van der Waals surface area contributed by atoms with E-state index in [1.807, 2.05) is 18.3 Å². The van der Waals surface area contributed by atoms with Crippen LogP contribution in [0.1, 0.15) is 57.8 Å². The summed E-state index contributed by atoms with van der Waals surface area (Å²) in [7, 11) is 1.72. The molecule has 1 atom stereocenters. The first kappa shape index (κ1) is 25.0. The fourth-order valence-electron chi connectivity index (χ4n) is 4.02. The van der Waals surface area contributed by atoms with Crippen LogP contribution in [0.5, 0.6) is 0 Å². The number of hydrogen-bond acceptors (Lipinski definition) is 4. The molecular weight excluding hydrogens is 444 g/mol. The molecular formula is C25H31F2N3O2S. The van der Waals surface area contributed by atoms with E-state index in [0.717, 1.165) is 40.0 Å². The first-order chi connectivity index (χ1) is 15.6. The molecule has 3 aromatic rings. The first-order valence-corrected chi connectivity index (χ1v) is 12.2. The third kappa shape index (κ3) is 6.25. The monoisotopic (exact) mass is 475 g/mol. The minimum Gasteiger partial charge on any atom is -0.317 e. The molecule has 3 aromatic heterocycles. The van der Waals surface area contributed by atoms with Crippen molar-refractivity contribution < 1.29 is 13.6 Å². The molecule has 5 nitrogen and oxygen atoms in total. The molecule has 178 valence electrons. The van der Waals surface area contributed by atoms with E-state index in [-0.39, 0.29) is 24.3 Å². The fraction of sp³-hybridized carbons (Fsp3) is 0.480. The van der Waals surface area contributed by atoms with Gasteiger partial charge < -0.3 is 9.88 Å². The Kier molecular flexibility index (Phi) is 8.00. The Morgan fingerprint density at radius 3 is 2.73 bits per heavy atom. The summed E-state index contributed by atoms with van der Waals surface area (Å²) in [6, 6.07) is 5.60. The number of halogens is 2. The Morgan fingerprint density at radius 2 is 2.06 bits per heavy atom. The average molecular weight is 476 g/mol. The minimum atomic E-state index is -2.59. The lowest BCUT2D eigenvalue weighted by molar-refractivity contribution is -0.114. The summed E-state index contributed by atoms with van der Waals surface area (Å²) in [5.41, 5.74) is 1.69. The van der Waals surface area contributed by atoms with E-state index < -0.39 is 5.92 Å². The van der Waals surface area contributed by atoms with E-state index in [1.165, 1.54) is 13.8 Å². The molecule has 1 N–H and O–H groups in total. The Morgan fingerprint density at radius 1 is 1.30 bits per heavy atom. The summed E-state index contributed by atoms with van der Waals surface area (Å²) in [5, 5.41) is 3.35. The molecule has 0 aliphatic carbocycles. The van der Waals surface area contributed by atoms with Crippen molar-refractivity contribution in [3.8, 4) is 11.1 Å². The van der Waals surface area contributed by atoms with Crippen molar-refractivity contribution in [2.24, 2.45) is 13.0 Å². The summed E-state index contributed by atoms with van der Waals surface area (Å²) in [4.78, 5) is 29.5. The number of carbonyl (C=O) groups is 1. The zero-order chi connectivity index (χ0) is 24.2. The summed E-state index contributed by atoms with van der Waals surface area (Å²) >= 11 is 1.58. The van der Waals surface area contributed by atoms with Gasteiger partial charge in [-0.25, -0.2) is 13.8 Å². The van der Waals surface area contributed by atoms with Gasteiger partial charge in [0.2, 0.25) is 11.8 Å². The lowest BCUT2D eigenvalue weighted by atomic mass is 9.93. The standard InChI is InChI=1S/C25H31F2N3O2S/c1-5-17(8-7-10-25(26,27)6-2)12-19-14-20-23(33-19)21(15-30(4)24(20)32)18-9-11-28-22(13-18)29-16(3)31/h9,11,13-15,17H,5-8,10,12H2,1-4H3,(H,28,29,31). The van der Waals surface area contributed by atoms with Crippen LogP contribution in [-0.4, -0.2) is 21.4 Å². The number of aromatic nitrogens is 2. The van der Waals surface area contributed by atoms with Crippen LogP contribution in [0, 0.1) is 5.92 Å². The van der Waals surface area contributed by atoms with Gasteiger partial charge in [-0.15, -0.1) is 11.3 Å². The van der Waals surface area contributed by atoms with Gasteiger partial charge in [-0.3, -0.25) is 9.59 Å². The number of nitrogens with one attached hydrogen (secondary N) is 1. The number of pyridine rings is 2. The van der Waals surface area contributed by atoms with E-state index in [9.17, 15) is 18.4 Å². The maximum Gasteiger partial charge on any atom is 0.259 e. The van der Waals surface area contributed by atoms with E-state index in [4.69, 9.17) is 0 Å². The zero-order valence-corrected chi connectivity index (χ0v) is 20.4. The molecule has 3 heterocycles. The molecule has 1 unspecified atom stereocenters. The largest absolute Gasteiger partial charge is 0.317 e. The minimum absolute atomic E-state index is 0.0666. The summed E-state index contributed by atoms with van der Waals surface area (Å²) in [6.45, 7) is 5.04. The normalized spacial score (nSPS) is 12.8. The van der Waals surface area contributed by atoms with Crippen molar-refractivity contribution in [3.63, 3.8) is 0 Å². The number of nitrogens with zero attached hydrogens (tertiary/aromatic N) is 2. The number of amides is 1. The topological polar surface area (TPSA) is 64.0 Å². The molecule has 0 aliphatic heterocycles. The Bertz CT molecular complexity index is 1190. The number of thiophene rings is 1. The number of aryl methyl sites for hydroxylation is 1. The van der Waals surface area contributed by atoms with Crippen molar-refractivity contribution in [1.82, 2.24) is 9.55 Å². The molecule has 0 saturated heterocycles. The van der Waals surface area contributed by atoms with Gasteiger partial charge in [-0.2, -0.15) is 0 Å².